The number of halogens is 1. The molecule has 0 radical (unpaired) electrons. The van der Waals surface area contributed by atoms with Gasteiger partial charge in [-0.25, -0.2) is 12.8 Å². The van der Waals surface area contributed by atoms with Crippen molar-refractivity contribution in [1.29, 1.82) is 0 Å². The third-order valence-electron chi connectivity index (χ3n) is 5.26. The van der Waals surface area contributed by atoms with Gasteiger partial charge in [-0.05, 0) is 54.4 Å². The maximum Gasteiger partial charge on any atom is 0.279 e. The number of rotatable bonds is 7. The Morgan fingerprint density at radius 3 is 2.33 bits per heavy atom. The van der Waals surface area contributed by atoms with Gasteiger partial charge in [-0.1, -0.05) is 42.5 Å². The Morgan fingerprint density at radius 2 is 1.67 bits per heavy atom. The zero-order valence-corrected chi connectivity index (χ0v) is 19.4. The van der Waals surface area contributed by atoms with Gasteiger partial charge in [0.25, 0.3) is 10.0 Å². The van der Waals surface area contributed by atoms with Gasteiger partial charge in [0.1, 0.15) is 5.82 Å². The van der Waals surface area contributed by atoms with Crippen LogP contribution in [0.3, 0.4) is 0 Å². The minimum atomic E-state index is -3.99. The third kappa shape index (κ3) is 4.91. The smallest absolute Gasteiger partial charge is 0.279 e. The van der Waals surface area contributed by atoms with Crippen molar-refractivity contribution in [2.24, 2.45) is 5.10 Å². The average molecular weight is 488 g/mol. The number of sulfonamides is 2. The molecule has 1 N–H and O–H groups in total. The fourth-order valence-corrected chi connectivity index (χ4v) is 5.62. The van der Waals surface area contributed by atoms with E-state index < -0.39 is 31.9 Å². The Bertz CT molecular complexity index is 1390. The summed E-state index contributed by atoms with van der Waals surface area (Å²) in [5, 5.41) is 4.44. The summed E-state index contributed by atoms with van der Waals surface area (Å²) in [5.41, 5.74) is 2.02. The zero-order valence-electron chi connectivity index (χ0n) is 17.7. The summed E-state index contributed by atoms with van der Waals surface area (Å²) in [4.78, 5) is 0.0894. The molecule has 172 valence electrons. The highest BCUT2D eigenvalue weighted by atomic mass is 32.2. The molecule has 7 nitrogen and oxygen atoms in total. The lowest BCUT2D eigenvalue weighted by molar-refractivity contribution is 0.371. The van der Waals surface area contributed by atoms with Crippen LogP contribution in [0.4, 0.5) is 10.1 Å². The Balaban J connectivity index is 1.76. The van der Waals surface area contributed by atoms with Crippen molar-refractivity contribution >= 4 is 31.4 Å². The molecule has 0 saturated carbocycles. The summed E-state index contributed by atoms with van der Waals surface area (Å²) in [5.74, 6) is -0.500. The Hall–Kier alpha value is -3.24. The van der Waals surface area contributed by atoms with Gasteiger partial charge < -0.3 is 0 Å². The van der Waals surface area contributed by atoms with Gasteiger partial charge in [-0.15, -0.1) is 0 Å². The van der Waals surface area contributed by atoms with Crippen LogP contribution in [0.1, 0.15) is 30.5 Å². The van der Waals surface area contributed by atoms with Crippen LogP contribution in [0.2, 0.25) is 0 Å². The third-order valence-corrected chi connectivity index (χ3v) is 8.27. The molecule has 0 aliphatic carbocycles. The van der Waals surface area contributed by atoms with E-state index in [9.17, 15) is 21.2 Å². The first kappa shape index (κ1) is 22.9. The highest BCUT2D eigenvalue weighted by molar-refractivity contribution is 7.92. The lowest BCUT2D eigenvalue weighted by Crippen LogP contribution is -2.27. The second kappa shape index (κ2) is 8.95. The van der Waals surface area contributed by atoms with Crippen molar-refractivity contribution < 1.29 is 21.2 Å². The molecule has 10 heteroatoms. The summed E-state index contributed by atoms with van der Waals surface area (Å²) in [6, 6.07) is 19.6. The lowest BCUT2D eigenvalue weighted by atomic mass is 9.99. The van der Waals surface area contributed by atoms with Crippen molar-refractivity contribution in [3.63, 3.8) is 0 Å². The highest BCUT2D eigenvalue weighted by Crippen LogP contribution is 2.37. The molecule has 4 rings (SSSR count). The first-order valence-electron chi connectivity index (χ1n) is 10.2. The van der Waals surface area contributed by atoms with Crippen LogP contribution in [0.15, 0.2) is 88.9 Å². The number of hydrogen-bond donors (Lipinski definition) is 1. The van der Waals surface area contributed by atoms with Crippen LogP contribution in [-0.4, -0.2) is 32.7 Å². The molecule has 0 saturated heterocycles. The number of hydrazone groups is 1. The molecular weight excluding hydrogens is 465 g/mol. The number of nitrogens with one attached hydrogen (secondary N) is 1. The van der Waals surface area contributed by atoms with Crippen LogP contribution in [-0.2, 0) is 20.0 Å². The average Bonchev–Trinajstić information content (AvgIpc) is 3.27. The second-order valence-corrected chi connectivity index (χ2v) is 11.3. The van der Waals surface area contributed by atoms with Crippen LogP contribution < -0.4 is 4.72 Å². The van der Waals surface area contributed by atoms with Gasteiger partial charge in [-0.2, -0.15) is 17.9 Å². The first-order chi connectivity index (χ1) is 15.7. The fourth-order valence-electron chi connectivity index (χ4n) is 3.53. The maximum atomic E-state index is 13.5. The van der Waals surface area contributed by atoms with Gasteiger partial charge in [-0.3, -0.25) is 4.72 Å². The molecular formula is C23H22FN3O4S2. The molecule has 1 aliphatic rings. The molecule has 0 fully saturated rings. The Labute approximate surface area is 192 Å². The van der Waals surface area contributed by atoms with Gasteiger partial charge in [0.15, 0.2) is 0 Å². The van der Waals surface area contributed by atoms with Crippen molar-refractivity contribution in [2.45, 2.75) is 24.3 Å². The number of nitrogens with zero attached hydrogens (tertiary/aromatic N) is 2. The van der Waals surface area contributed by atoms with Gasteiger partial charge >= 0.3 is 0 Å². The van der Waals surface area contributed by atoms with Crippen LogP contribution in [0.5, 0.6) is 0 Å². The minimum absolute atomic E-state index is 0.0755. The van der Waals surface area contributed by atoms with E-state index in [4.69, 9.17) is 0 Å². The number of benzene rings is 3. The maximum absolute atomic E-state index is 13.5. The van der Waals surface area contributed by atoms with E-state index in [0.717, 1.165) is 4.41 Å². The molecule has 1 aliphatic heterocycles. The largest absolute Gasteiger partial charge is 0.284 e. The number of hydrogen-bond acceptors (Lipinski definition) is 5. The molecule has 1 unspecified atom stereocenters. The molecule has 3 aromatic rings. The molecule has 33 heavy (non-hydrogen) atoms. The van der Waals surface area contributed by atoms with E-state index in [1.807, 2.05) is 0 Å². The summed E-state index contributed by atoms with van der Waals surface area (Å²) in [6.45, 7) is 1.53. The quantitative estimate of drug-likeness (QED) is 0.542. The zero-order chi connectivity index (χ0) is 23.6. The SMILES string of the molecule is CCS(=O)(=O)Nc1cccc(C2=NN(S(=O)(=O)c3ccccc3)C(c3ccc(F)cc3)C2)c1. The Kier molecular flexibility index (Phi) is 6.22. The van der Waals surface area contributed by atoms with Crippen LogP contribution in [0.25, 0.3) is 0 Å². The molecule has 1 atom stereocenters. The second-order valence-electron chi connectivity index (χ2n) is 7.50. The van der Waals surface area contributed by atoms with E-state index in [1.165, 1.54) is 43.3 Å². The van der Waals surface area contributed by atoms with E-state index >= 15 is 0 Å². The van der Waals surface area contributed by atoms with Crippen molar-refractivity contribution in [1.82, 2.24) is 4.41 Å². The van der Waals surface area contributed by atoms with Gasteiger partial charge in [0.05, 0.1) is 22.4 Å². The summed E-state index contributed by atoms with van der Waals surface area (Å²) >= 11 is 0. The van der Waals surface area contributed by atoms with Gasteiger partial charge in [0, 0.05) is 12.1 Å². The van der Waals surface area contributed by atoms with Crippen molar-refractivity contribution in [2.75, 3.05) is 10.5 Å². The van der Waals surface area contributed by atoms with E-state index in [2.05, 4.69) is 9.82 Å². The predicted molar refractivity (Wildman–Crippen MR) is 125 cm³/mol. The normalized spacial score (nSPS) is 16.5. The highest BCUT2D eigenvalue weighted by Gasteiger charge is 2.37. The van der Waals surface area contributed by atoms with E-state index in [1.54, 1.807) is 42.5 Å². The summed E-state index contributed by atoms with van der Waals surface area (Å²) in [6.07, 6.45) is 0.238. The van der Waals surface area contributed by atoms with E-state index in [-0.39, 0.29) is 17.1 Å². The number of anilines is 1. The van der Waals surface area contributed by atoms with Crippen molar-refractivity contribution in [3.05, 3.63) is 95.8 Å². The topological polar surface area (TPSA) is 95.9 Å². The summed E-state index contributed by atoms with van der Waals surface area (Å²) in [7, 11) is -7.46. The molecule has 0 aromatic heterocycles. The predicted octanol–water partition coefficient (Wildman–Crippen LogP) is 4.13. The van der Waals surface area contributed by atoms with Crippen LogP contribution in [0, 0.1) is 5.82 Å². The molecule has 3 aromatic carbocycles. The molecule has 0 amide bonds. The molecule has 0 spiro atoms. The molecule has 1 heterocycles. The van der Waals surface area contributed by atoms with Crippen LogP contribution >= 0.6 is 0 Å². The molecule has 0 bridgehead atoms. The van der Waals surface area contributed by atoms with Crippen molar-refractivity contribution in [3.8, 4) is 0 Å². The first-order valence-corrected chi connectivity index (χ1v) is 13.3. The van der Waals surface area contributed by atoms with E-state index in [0.29, 0.717) is 22.5 Å². The van der Waals surface area contributed by atoms with Gasteiger partial charge in [0.2, 0.25) is 10.0 Å². The summed E-state index contributed by atoms with van der Waals surface area (Å²) < 4.78 is 67.8. The standard InChI is InChI=1S/C23H22FN3O4S2/c1-2-32(28,29)26-20-8-6-7-18(15-20)22-16-23(17-11-13-19(24)14-12-17)27(25-22)33(30,31)21-9-4-3-5-10-21/h3-15,23,26H,2,16H2,1H3. The Morgan fingerprint density at radius 1 is 0.970 bits per heavy atom. The lowest BCUT2D eigenvalue weighted by Gasteiger charge is -2.23. The minimum Gasteiger partial charge on any atom is -0.284 e. The monoisotopic (exact) mass is 487 g/mol. The fraction of sp³-hybridized carbons (Fsp3) is 0.174.